The first kappa shape index (κ1) is 15.9. The number of carbonyl (C=O) groups excluding carboxylic acids is 1. The van der Waals surface area contributed by atoms with Crippen LogP contribution in [-0.2, 0) is 6.42 Å². The lowest BCUT2D eigenvalue weighted by molar-refractivity contribution is 0.256. The van der Waals surface area contributed by atoms with E-state index in [0.29, 0.717) is 17.3 Å². The molecule has 2 N–H and O–H groups in total. The van der Waals surface area contributed by atoms with Gasteiger partial charge >= 0.3 is 6.03 Å². The second-order valence-electron chi connectivity index (χ2n) is 6.91. The third kappa shape index (κ3) is 3.60. The molecule has 1 aliphatic carbocycles. The van der Waals surface area contributed by atoms with Gasteiger partial charge in [0, 0.05) is 11.4 Å². The third-order valence-corrected chi connectivity index (χ3v) is 5.02. The summed E-state index contributed by atoms with van der Waals surface area (Å²) in [4.78, 5) is 11.6. The molecular weight excluding hydrogens is 317 g/mol. The number of nitrogens with zero attached hydrogens (tertiary/aromatic N) is 1. The van der Waals surface area contributed by atoms with Gasteiger partial charge in [0.25, 0.3) is 0 Å². The van der Waals surface area contributed by atoms with Crippen LogP contribution in [0.5, 0.6) is 0 Å². The van der Waals surface area contributed by atoms with Gasteiger partial charge < -0.3 is 10.6 Å². The van der Waals surface area contributed by atoms with Crippen LogP contribution in [0.25, 0.3) is 0 Å². The van der Waals surface area contributed by atoms with Crippen LogP contribution in [0.2, 0.25) is 0 Å². The summed E-state index contributed by atoms with van der Waals surface area (Å²) in [7, 11) is 0. The molecule has 0 atom stereocenters. The summed E-state index contributed by atoms with van der Waals surface area (Å²) in [6.45, 7) is 0. The van der Waals surface area contributed by atoms with Crippen LogP contribution in [0.4, 0.5) is 31.9 Å². The predicted octanol–water partition coefficient (Wildman–Crippen LogP) is 5.47. The van der Waals surface area contributed by atoms with Crippen LogP contribution in [0.15, 0.2) is 36.4 Å². The summed E-state index contributed by atoms with van der Waals surface area (Å²) >= 11 is 0. The van der Waals surface area contributed by atoms with E-state index in [1.165, 1.54) is 44.2 Å². The molecule has 0 bridgehead atoms. The summed E-state index contributed by atoms with van der Waals surface area (Å²) in [5, 5.41) is 10.1. The Morgan fingerprint density at radius 2 is 2.00 bits per heavy atom. The van der Waals surface area contributed by atoms with Gasteiger partial charge in [-0.2, -0.15) is 5.32 Å². The van der Waals surface area contributed by atoms with Gasteiger partial charge in [-0.25, -0.2) is 9.18 Å². The van der Waals surface area contributed by atoms with E-state index >= 15 is 0 Å². The lowest BCUT2D eigenvalue weighted by Crippen LogP contribution is -2.10. The van der Waals surface area contributed by atoms with Crippen molar-refractivity contribution in [1.82, 2.24) is 5.32 Å². The molecule has 0 spiro atoms. The van der Waals surface area contributed by atoms with Gasteiger partial charge in [-0.3, -0.25) is 0 Å². The van der Waals surface area contributed by atoms with E-state index in [4.69, 9.17) is 0 Å². The highest BCUT2D eigenvalue weighted by molar-refractivity contribution is 6.03. The first-order valence-electron chi connectivity index (χ1n) is 8.89. The van der Waals surface area contributed by atoms with E-state index in [-0.39, 0.29) is 11.8 Å². The standard InChI is InChI=1S/C20H21FN3O/c21-15-7-4-8-16(11-15)22-17-12-19-18(23-20(25)24-19)10-14(17)9-13-5-2-1-3-6-13/h4,7-8,10-13,22H,1-3,5-6,9H2,(H,23,25). The number of rotatable bonds is 4. The molecule has 0 aromatic heterocycles. The van der Waals surface area contributed by atoms with Gasteiger partial charge in [0.2, 0.25) is 0 Å². The molecule has 4 rings (SSSR count). The number of carbonyl (C=O) groups is 1. The van der Waals surface area contributed by atoms with Crippen molar-refractivity contribution in [2.24, 2.45) is 5.92 Å². The van der Waals surface area contributed by atoms with E-state index in [0.717, 1.165) is 23.4 Å². The maximum Gasteiger partial charge on any atom is 0.346 e. The first-order chi connectivity index (χ1) is 12.2. The molecule has 1 fully saturated rings. The van der Waals surface area contributed by atoms with Gasteiger partial charge in [0.1, 0.15) is 5.82 Å². The maximum atomic E-state index is 13.5. The molecule has 2 aliphatic rings. The van der Waals surface area contributed by atoms with Gasteiger partial charge in [-0.1, -0.05) is 38.2 Å². The van der Waals surface area contributed by atoms with E-state index in [1.807, 2.05) is 18.2 Å². The minimum atomic E-state index is -0.332. The van der Waals surface area contributed by atoms with E-state index in [9.17, 15) is 9.18 Å². The SMILES string of the molecule is O=C1[N]c2cc(Nc3cccc(F)c3)c(CC3CCCCC3)cc2N1. The summed E-state index contributed by atoms with van der Waals surface area (Å²) in [5.41, 5.74) is 4.14. The number of fused-ring (bicyclic) bond motifs is 1. The molecule has 1 heterocycles. The molecule has 1 saturated carbocycles. The number of anilines is 3. The van der Waals surface area contributed by atoms with Crippen molar-refractivity contribution in [3.63, 3.8) is 0 Å². The van der Waals surface area contributed by atoms with Crippen LogP contribution in [0.1, 0.15) is 37.7 Å². The second kappa shape index (κ2) is 6.75. The normalized spacial score (nSPS) is 16.9. The number of halogens is 1. The molecule has 0 saturated heterocycles. The van der Waals surface area contributed by atoms with Gasteiger partial charge in [-0.15, -0.1) is 0 Å². The van der Waals surface area contributed by atoms with Crippen LogP contribution in [0, 0.1) is 11.7 Å². The van der Waals surface area contributed by atoms with Gasteiger partial charge in [0.15, 0.2) is 0 Å². The minimum Gasteiger partial charge on any atom is -0.355 e. The fourth-order valence-electron chi connectivity index (χ4n) is 3.79. The van der Waals surface area contributed by atoms with Gasteiger partial charge in [0.05, 0.1) is 11.4 Å². The zero-order valence-electron chi connectivity index (χ0n) is 14.0. The van der Waals surface area contributed by atoms with Crippen molar-refractivity contribution < 1.29 is 9.18 Å². The monoisotopic (exact) mass is 338 g/mol. The van der Waals surface area contributed by atoms with Crippen molar-refractivity contribution in [1.29, 1.82) is 0 Å². The molecule has 4 nitrogen and oxygen atoms in total. The second-order valence-corrected chi connectivity index (χ2v) is 6.91. The van der Waals surface area contributed by atoms with Crippen LogP contribution < -0.4 is 16.0 Å². The van der Waals surface area contributed by atoms with Crippen LogP contribution >= 0.6 is 0 Å². The highest BCUT2D eigenvalue weighted by Gasteiger charge is 2.23. The van der Waals surface area contributed by atoms with Crippen molar-refractivity contribution in [3.8, 4) is 0 Å². The Morgan fingerprint density at radius 3 is 2.80 bits per heavy atom. The number of hydrogen-bond donors (Lipinski definition) is 2. The number of nitrogens with one attached hydrogen (secondary N) is 2. The topological polar surface area (TPSA) is 55.2 Å². The first-order valence-corrected chi connectivity index (χ1v) is 8.89. The predicted molar refractivity (Wildman–Crippen MR) is 97.2 cm³/mol. The highest BCUT2D eigenvalue weighted by Crippen LogP contribution is 2.37. The molecule has 2 aromatic rings. The molecule has 5 heteroatoms. The largest absolute Gasteiger partial charge is 0.355 e. The van der Waals surface area contributed by atoms with Crippen molar-refractivity contribution in [3.05, 3.63) is 47.8 Å². The number of benzene rings is 2. The molecule has 0 unspecified atom stereocenters. The fraction of sp³-hybridized carbons (Fsp3) is 0.350. The lowest BCUT2D eigenvalue weighted by atomic mass is 9.84. The molecule has 1 radical (unpaired) electrons. The molecule has 2 aromatic carbocycles. The zero-order valence-corrected chi connectivity index (χ0v) is 14.0. The van der Waals surface area contributed by atoms with Crippen molar-refractivity contribution >= 4 is 28.8 Å². The quantitative estimate of drug-likeness (QED) is 0.776. The fourth-order valence-corrected chi connectivity index (χ4v) is 3.79. The molecule has 2 amide bonds. The highest BCUT2D eigenvalue weighted by atomic mass is 19.1. The Bertz CT molecular complexity index is 800. The van der Waals surface area contributed by atoms with Crippen molar-refractivity contribution in [2.45, 2.75) is 38.5 Å². The molecule has 1 aliphatic heterocycles. The average Bonchev–Trinajstić information content (AvgIpc) is 2.95. The van der Waals surface area contributed by atoms with Gasteiger partial charge in [-0.05, 0) is 48.2 Å². The van der Waals surface area contributed by atoms with E-state index in [1.54, 1.807) is 6.07 Å². The van der Waals surface area contributed by atoms with Crippen LogP contribution in [-0.4, -0.2) is 6.03 Å². The number of hydrogen-bond acceptors (Lipinski definition) is 2. The molecule has 25 heavy (non-hydrogen) atoms. The summed E-state index contributed by atoms with van der Waals surface area (Å²) in [6.07, 6.45) is 7.34. The Balaban J connectivity index is 1.65. The third-order valence-electron chi connectivity index (χ3n) is 5.02. The maximum absolute atomic E-state index is 13.5. The Kier molecular flexibility index (Phi) is 4.30. The lowest BCUT2D eigenvalue weighted by Gasteiger charge is -2.23. The smallest absolute Gasteiger partial charge is 0.346 e. The molecular formula is C20H21FN3O. The number of amides is 2. The summed E-state index contributed by atoms with van der Waals surface area (Å²) in [5.74, 6) is 0.385. The Morgan fingerprint density at radius 1 is 1.16 bits per heavy atom. The molecule has 129 valence electrons. The average molecular weight is 338 g/mol. The Labute approximate surface area is 146 Å². The zero-order chi connectivity index (χ0) is 17.2. The van der Waals surface area contributed by atoms with E-state index < -0.39 is 0 Å². The Hall–Kier alpha value is -2.56. The minimum absolute atomic E-state index is 0.276. The number of urea groups is 1. The summed E-state index contributed by atoms with van der Waals surface area (Å²) in [6, 6.07) is 9.98. The summed E-state index contributed by atoms with van der Waals surface area (Å²) < 4.78 is 13.5. The van der Waals surface area contributed by atoms with E-state index in [2.05, 4.69) is 16.0 Å². The van der Waals surface area contributed by atoms with Crippen LogP contribution in [0.3, 0.4) is 0 Å². The van der Waals surface area contributed by atoms with Crippen molar-refractivity contribution in [2.75, 3.05) is 10.6 Å².